The molecule has 0 saturated heterocycles. The van der Waals surface area contributed by atoms with Gasteiger partial charge in [-0.05, 0) is 24.6 Å². The zero-order valence-corrected chi connectivity index (χ0v) is 4.68. The molecular weight excluding hydrogens is 100 g/mol. The minimum atomic E-state index is 0.524. The average Bonchev–Trinajstić information content (AvgIpc) is 1.77. The molecule has 1 radical (unpaired) electrons. The molecule has 0 fully saturated rings. The maximum Gasteiger partial charge on any atom is 0.123 e. The van der Waals surface area contributed by atoms with Crippen molar-refractivity contribution in [2.75, 3.05) is 5.73 Å². The molecule has 0 saturated carbocycles. The van der Waals surface area contributed by atoms with E-state index in [1.807, 2.05) is 6.92 Å². The van der Waals surface area contributed by atoms with Gasteiger partial charge in [-0.1, -0.05) is 0 Å². The van der Waals surface area contributed by atoms with Crippen LogP contribution in [0, 0.1) is 13.0 Å². The van der Waals surface area contributed by atoms with Crippen molar-refractivity contribution in [3.8, 4) is 0 Å². The van der Waals surface area contributed by atoms with Crippen molar-refractivity contribution in [3.63, 3.8) is 0 Å². The molecule has 1 rings (SSSR count). The van der Waals surface area contributed by atoms with E-state index in [1.54, 1.807) is 12.3 Å². The minimum Gasteiger partial charge on any atom is -0.384 e. The summed E-state index contributed by atoms with van der Waals surface area (Å²) in [7, 11) is 0. The maximum atomic E-state index is 5.28. The van der Waals surface area contributed by atoms with E-state index in [0.717, 1.165) is 5.56 Å². The zero-order chi connectivity index (χ0) is 5.98. The first-order valence-electron chi connectivity index (χ1n) is 2.39. The standard InChI is InChI=1S/C6H7N2/c1-5-2-3-6(7)8-4-5/h3-4H,1H3,(H2,7,8). The third-order valence-corrected chi connectivity index (χ3v) is 0.855. The monoisotopic (exact) mass is 107 g/mol. The van der Waals surface area contributed by atoms with Gasteiger partial charge in [-0.3, -0.25) is 0 Å². The van der Waals surface area contributed by atoms with Crippen molar-refractivity contribution >= 4 is 5.82 Å². The van der Waals surface area contributed by atoms with Crippen LogP contribution < -0.4 is 5.73 Å². The Morgan fingerprint density at radius 1 is 1.75 bits per heavy atom. The van der Waals surface area contributed by atoms with Gasteiger partial charge in [0.05, 0.1) is 0 Å². The minimum absolute atomic E-state index is 0.524. The number of hydrogen-bond donors (Lipinski definition) is 1. The van der Waals surface area contributed by atoms with Gasteiger partial charge < -0.3 is 5.73 Å². The number of anilines is 1. The Labute approximate surface area is 48.4 Å². The first-order chi connectivity index (χ1) is 3.79. The van der Waals surface area contributed by atoms with Crippen LogP contribution in [-0.4, -0.2) is 4.98 Å². The number of nitrogens with two attached hydrogens (primary N) is 1. The number of nitrogen functional groups attached to an aromatic ring is 1. The van der Waals surface area contributed by atoms with E-state index in [2.05, 4.69) is 11.1 Å². The molecule has 0 atom stereocenters. The number of aryl methyl sites for hydroxylation is 1. The van der Waals surface area contributed by atoms with Crippen LogP contribution in [-0.2, 0) is 0 Å². The highest BCUT2D eigenvalue weighted by Crippen LogP contribution is 1.95. The van der Waals surface area contributed by atoms with Gasteiger partial charge >= 0.3 is 0 Å². The van der Waals surface area contributed by atoms with Crippen molar-refractivity contribution in [1.29, 1.82) is 0 Å². The first-order valence-corrected chi connectivity index (χ1v) is 2.39. The summed E-state index contributed by atoms with van der Waals surface area (Å²) in [5.74, 6) is 0.524. The van der Waals surface area contributed by atoms with Crippen LogP contribution in [0.5, 0.6) is 0 Å². The average molecular weight is 107 g/mol. The lowest BCUT2D eigenvalue weighted by molar-refractivity contribution is 1.27. The van der Waals surface area contributed by atoms with Crippen molar-refractivity contribution in [2.24, 2.45) is 0 Å². The lowest BCUT2D eigenvalue weighted by atomic mass is 10.3. The molecule has 41 valence electrons. The van der Waals surface area contributed by atoms with Crippen molar-refractivity contribution < 1.29 is 0 Å². The van der Waals surface area contributed by atoms with Crippen LogP contribution in [0.4, 0.5) is 5.82 Å². The second-order valence-electron chi connectivity index (χ2n) is 1.65. The molecule has 0 aliphatic carbocycles. The summed E-state index contributed by atoms with van der Waals surface area (Å²) in [5.41, 5.74) is 6.30. The van der Waals surface area contributed by atoms with Gasteiger partial charge in [-0.25, -0.2) is 4.98 Å². The van der Waals surface area contributed by atoms with Crippen molar-refractivity contribution in [2.45, 2.75) is 6.92 Å². The largest absolute Gasteiger partial charge is 0.384 e. The number of rotatable bonds is 0. The zero-order valence-electron chi connectivity index (χ0n) is 4.68. The van der Waals surface area contributed by atoms with E-state index in [9.17, 15) is 0 Å². The van der Waals surface area contributed by atoms with E-state index in [0.29, 0.717) is 5.82 Å². The summed E-state index contributed by atoms with van der Waals surface area (Å²) in [5, 5.41) is 0. The van der Waals surface area contributed by atoms with Crippen LogP contribution >= 0.6 is 0 Å². The first kappa shape index (κ1) is 5.09. The SMILES string of the molecule is Cc1[c]cc(N)nc1. The van der Waals surface area contributed by atoms with E-state index in [4.69, 9.17) is 5.73 Å². The Hall–Kier alpha value is -1.05. The second kappa shape index (κ2) is 1.82. The normalized spacial score (nSPS) is 9.12. The molecule has 0 aromatic carbocycles. The van der Waals surface area contributed by atoms with Gasteiger partial charge in [0.1, 0.15) is 5.82 Å². The summed E-state index contributed by atoms with van der Waals surface area (Å²) >= 11 is 0. The Balaban J connectivity index is 3.03. The lowest BCUT2D eigenvalue weighted by Gasteiger charge is -1.88. The van der Waals surface area contributed by atoms with Gasteiger partial charge in [0, 0.05) is 6.20 Å². The van der Waals surface area contributed by atoms with Gasteiger partial charge in [0.2, 0.25) is 0 Å². The van der Waals surface area contributed by atoms with Gasteiger partial charge in [0.25, 0.3) is 0 Å². The van der Waals surface area contributed by atoms with Crippen LogP contribution in [0.25, 0.3) is 0 Å². The highest BCUT2D eigenvalue weighted by molar-refractivity contribution is 5.27. The summed E-state index contributed by atoms with van der Waals surface area (Å²) in [6.45, 7) is 1.92. The number of pyridine rings is 1. The summed E-state index contributed by atoms with van der Waals surface area (Å²) < 4.78 is 0. The molecule has 0 amide bonds. The Kier molecular flexibility index (Phi) is 1.16. The molecule has 0 spiro atoms. The fourth-order valence-corrected chi connectivity index (χ4v) is 0.434. The number of aromatic nitrogens is 1. The molecule has 2 nitrogen and oxygen atoms in total. The lowest BCUT2D eigenvalue weighted by Crippen LogP contribution is -1.87. The Morgan fingerprint density at radius 2 is 2.50 bits per heavy atom. The molecule has 1 aromatic heterocycles. The fourth-order valence-electron chi connectivity index (χ4n) is 0.434. The fraction of sp³-hybridized carbons (Fsp3) is 0.167. The topological polar surface area (TPSA) is 38.9 Å². The molecular formula is C6H7N2. The van der Waals surface area contributed by atoms with E-state index in [-0.39, 0.29) is 0 Å². The van der Waals surface area contributed by atoms with Crippen LogP contribution in [0.3, 0.4) is 0 Å². The maximum absolute atomic E-state index is 5.28. The van der Waals surface area contributed by atoms with E-state index in [1.165, 1.54) is 0 Å². The predicted molar refractivity (Wildman–Crippen MR) is 32.2 cm³/mol. The van der Waals surface area contributed by atoms with Crippen LogP contribution in [0.2, 0.25) is 0 Å². The molecule has 2 heteroatoms. The third kappa shape index (κ3) is 0.964. The van der Waals surface area contributed by atoms with Gasteiger partial charge in [0.15, 0.2) is 0 Å². The van der Waals surface area contributed by atoms with E-state index < -0.39 is 0 Å². The molecule has 2 N–H and O–H groups in total. The molecule has 0 bridgehead atoms. The van der Waals surface area contributed by atoms with Crippen LogP contribution in [0.15, 0.2) is 12.3 Å². The molecule has 1 heterocycles. The second-order valence-corrected chi connectivity index (χ2v) is 1.65. The predicted octanol–water partition coefficient (Wildman–Crippen LogP) is 0.772. The highest BCUT2D eigenvalue weighted by Gasteiger charge is 1.82. The van der Waals surface area contributed by atoms with Gasteiger partial charge in [-0.15, -0.1) is 0 Å². The summed E-state index contributed by atoms with van der Waals surface area (Å²) in [6, 6.07) is 4.57. The van der Waals surface area contributed by atoms with Crippen LogP contribution in [0.1, 0.15) is 5.56 Å². The smallest absolute Gasteiger partial charge is 0.123 e. The Bertz CT molecular complexity index is 145. The van der Waals surface area contributed by atoms with Gasteiger partial charge in [-0.2, -0.15) is 0 Å². The molecule has 0 unspecified atom stereocenters. The quantitative estimate of drug-likeness (QED) is 0.532. The highest BCUT2D eigenvalue weighted by atomic mass is 14.8. The summed E-state index contributed by atoms with van der Waals surface area (Å²) in [6.07, 6.45) is 1.69. The summed E-state index contributed by atoms with van der Waals surface area (Å²) in [4.78, 5) is 3.83. The van der Waals surface area contributed by atoms with Crippen molar-refractivity contribution in [3.05, 3.63) is 23.9 Å². The van der Waals surface area contributed by atoms with E-state index >= 15 is 0 Å². The number of nitrogens with zero attached hydrogens (tertiary/aromatic N) is 1. The molecule has 0 aliphatic heterocycles. The van der Waals surface area contributed by atoms with Crippen molar-refractivity contribution in [1.82, 2.24) is 4.98 Å². The molecule has 1 aromatic rings. The molecule has 0 aliphatic rings. The number of hydrogen-bond acceptors (Lipinski definition) is 2. The molecule has 8 heavy (non-hydrogen) atoms. The Morgan fingerprint density at radius 3 is 2.88 bits per heavy atom. The third-order valence-electron chi connectivity index (χ3n) is 0.855.